The topological polar surface area (TPSA) is 114 Å². The van der Waals surface area contributed by atoms with Crippen LogP contribution in [0.4, 0.5) is 0 Å². The van der Waals surface area contributed by atoms with E-state index >= 15 is 0 Å². The summed E-state index contributed by atoms with van der Waals surface area (Å²) in [6.07, 6.45) is 55.6. The molecule has 0 spiro atoms. The Balaban J connectivity index is 5.35. The van der Waals surface area contributed by atoms with Gasteiger partial charge in [0, 0.05) is 12.8 Å². The highest BCUT2D eigenvalue weighted by Gasteiger charge is 2.27. The molecule has 0 heterocycles. The third-order valence-corrected chi connectivity index (χ3v) is 13.6. The second-order valence-electron chi connectivity index (χ2n) is 20.4. The fourth-order valence-corrected chi connectivity index (χ4v) is 8.88. The lowest BCUT2D eigenvalue weighted by Crippen LogP contribution is -2.47. The van der Waals surface area contributed by atoms with Gasteiger partial charge in [0.2, 0.25) is 5.91 Å². The fraction of sp³-hybridized carbons (Fsp3) is 0.860. The Hall–Kier alpha value is -1.77. The highest BCUT2D eigenvalue weighted by molar-refractivity contribution is 7.45. The number of ether oxygens (including phenoxy) is 1. The van der Waals surface area contributed by atoms with E-state index in [0.717, 1.165) is 51.4 Å². The molecule has 0 aromatic carbocycles. The van der Waals surface area contributed by atoms with E-state index in [1.807, 2.05) is 39.4 Å². The average Bonchev–Trinajstić information content (AvgIpc) is 3.28. The van der Waals surface area contributed by atoms with E-state index in [-0.39, 0.29) is 31.3 Å². The first kappa shape index (κ1) is 65.2. The number of unbranched alkanes of at least 4 members (excludes halogenated alkanes) is 31. The Labute approximate surface area is 415 Å². The van der Waals surface area contributed by atoms with Crippen molar-refractivity contribution in [3.8, 4) is 0 Å². The molecule has 67 heavy (non-hydrogen) atoms. The van der Waals surface area contributed by atoms with Gasteiger partial charge < -0.3 is 28.5 Å². The first-order chi connectivity index (χ1) is 32.4. The van der Waals surface area contributed by atoms with Gasteiger partial charge in [-0.3, -0.25) is 14.2 Å². The number of phosphoric ester groups is 1. The van der Waals surface area contributed by atoms with Gasteiger partial charge in [-0.2, -0.15) is 0 Å². The van der Waals surface area contributed by atoms with Crippen molar-refractivity contribution in [2.45, 2.75) is 277 Å². The largest absolute Gasteiger partial charge is 0.756 e. The first-order valence-corrected chi connectivity index (χ1v) is 29.8. The van der Waals surface area contributed by atoms with Crippen LogP contribution in [-0.2, 0) is 27.9 Å². The molecular formula is C57H109N2O7P. The molecule has 3 atom stereocenters. The molecule has 0 aliphatic carbocycles. The standard InChI is InChI=1S/C57H109N2O7P/c1-7-10-13-16-19-22-25-27-28-29-30-32-35-38-41-44-47-50-57(61)66-55(48-45-42-39-36-33-24-21-18-15-12-9-3)54(53-65-67(62,63)64-52-51-59(4,5)6)58-56(60)49-46-43-40-37-34-31-26-23-20-17-14-11-8-2/h31,34,40,43,45,48,54-55H,7-30,32-33,35-39,41-42,44,46-47,49-53H2,1-6H3,(H-,58,60,62,63)/b34-31-,43-40+,48-45+. The minimum atomic E-state index is -4.70. The minimum Gasteiger partial charge on any atom is -0.756 e. The van der Waals surface area contributed by atoms with E-state index in [2.05, 4.69) is 44.3 Å². The summed E-state index contributed by atoms with van der Waals surface area (Å²) < 4.78 is 30.1. The smallest absolute Gasteiger partial charge is 0.306 e. The third-order valence-electron chi connectivity index (χ3n) is 12.6. The maximum Gasteiger partial charge on any atom is 0.306 e. The molecule has 9 nitrogen and oxygen atoms in total. The van der Waals surface area contributed by atoms with Crippen molar-refractivity contribution in [1.29, 1.82) is 0 Å². The van der Waals surface area contributed by atoms with Crippen molar-refractivity contribution >= 4 is 19.7 Å². The molecule has 0 bridgehead atoms. The van der Waals surface area contributed by atoms with E-state index in [1.54, 1.807) is 0 Å². The van der Waals surface area contributed by atoms with Crippen LogP contribution in [0, 0.1) is 0 Å². The number of carbonyl (C=O) groups is 2. The Morgan fingerprint density at radius 2 is 0.925 bits per heavy atom. The third kappa shape index (κ3) is 49.0. The fourth-order valence-electron chi connectivity index (χ4n) is 8.16. The highest BCUT2D eigenvalue weighted by atomic mass is 31.2. The van der Waals surface area contributed by atoms with E-state index in [9.17, 15) is 19.0 Å². The van der Waals surface area contributed by atoms with Crippen LogP contribution in [0.15, 0.2) is 36.5 Å². The summed E-state index contributed by atoms with van der Waals surface area (Å²) in [7, 11) is 1.16. The zero-order valence-electron chi connectivity index (χ0n) is 44.9. The van der Waals surface area contributed by atoms with Crippen LogP contribution in [0.5, 0.6) is 0 Å². The van der Waals surface area contributed by atoms with E-state index in [0.29, 0.717) is 17.4 Å². The van der Waals surface area contributed by atoms with E-state index in [4.69, 9.17) is 13.8 Å². The molecule has 10 heteroatoms. The molecule has 3 unspecified atom stereocenters. The summed E-state index contributed by atoms with van der Waals surface area (Å²) in [6, 6.07) is -0.912. The minimum absolute atomic E-state index is 0.0295. The number of hydrogen-bond acceptors (Lipinski definition) is 7. The molecule has 0 aliphatic heterocycles. The van der Waals surface area contributed by atoms with Gasteiger partial charge in [0.15, 0.2) is 0 Å². The quantitative estimate of drug-likeness (QED) is 0.0212. The Kier molecular flexibility index (Phi) is 46.6. The number of rotatable bonds is 51. The van der Waals surface area contributed by atoms with Gasteiger partial charge in [-0.05, 0) is 51.0 Å². The van der Waals surface area contributed by atoms with Crippen LogP contribution in [-0.4, -0.2) is 69.4 Å². The first-order valence-electron chi connectivity index (χ1n) is 28.3. The lowest BCUT2D eigenvalue weighted by atomic mass is 10.0. The van der Waals surface area contributed by atoms with Gasteiger partial charge in [-0.15, -0.1) is 0 Å². The SMILES string of the molecule is CCCCCCCC/C=C\C/C=C/CCC(=O)NC(COP(=O)([O-])OCC[N+](C)(C)C)C(/C=C/CCCCCCCCCCC)OC(=O)CCCCCCCCCCCCCCCCCCC. The molecule has 0 rings (SSSR count). The number of allylic oxidation sites excluding steroid dienone is 5. The van der Waals surface area contributed by atoms with Crippen LogP contribution in [0.1, 0.15) is 265 Å². The van der Waals surface area contributed by atoms with Crippen molar-refractivity contribution in [2.75, 3.05) is 40.9 Å². The lowest BCUT2D eigenvalue weighted by Gasteiger charge is -2.30. The summed E-state index contributed by atoms with van der Waals surface area (Å²) in [5, 5.41) is 2.98. The van der Waals surface area contributed by atoms with Gasteiger partial charge in [0.1, 0.15) is 19.3 Å². The van der Waals surface area contributed by atoms with Crippen LogP contribution in [0.25, 0.3) is 0 Å². The van der Waals surface area contributed by atoms with Crippen molar-refractivity contribution < 1.29 is 37.3 Å². The second-order valence-corrected chi connectivity index (χ2v) is 21.9. The number of likely N-dealkylation sites (N-methyl/N-ethyl adjacent to an activating group) is 1. The summed E-state index contributed by atoms with van der Waals surface area (Å²) in [5.74, 6) is -0.611. The molecular weight excluding hydrogens is 856 g/mol. The maximum atomic E-state index is 13.4. The molecule has 0 aromatic rings. The Morgan fingerprint density at radius 1 is 0.522 bits per heavy atom. The predicted molar refractivity (Wildman–Crippen MR) is 284 cm³/mol. The highest BCUT2D eigenvalue weighted by Crippen LogP contribution is 2.38. The van der Waals surface area contributed by atoms with Crippen LogP contribution in [0.3, 0.4) is 0 Å². The second kappa shape index (κ2) is 47.9. The number of quaternary nitrogens is 1. The van der Waals surface area contributed by atoms with Crippen molar-refractivity contribution in [2.24, 2.45) is 0 Å². The molecule has 0 radical (unpaired) electrons. The summed E-state index contributed by atoms with van der Waals surface area (Å²) >= 11 is 0. The zero-order valence-corrected chi connectivity index (χ0v) is 45.8. The molecule has 0 fully saturated rings. The van der Waals surface area contributed by atoms with Gasteiger partial charge >= 0.3 is 5.97 Å². The van der Waals surface area contributed by atoms with Gasteiger partial charge in [-0.25, -0.2) is 0 Å². The summed E-state index contributed by atoms with van der Waals surface area (Å²) in [4.78, 5) is 39.7. The zero-order chi connectivity index (χ0) is 49.4. The molecule has 394 valence electrons. The number of carbonyl (C=O) groups excluding carboxylic acids is 2. The van der Waals surface area contributed by atoms with Crippen molar-refractivity contribution in [1.82, 2.24) is 5.32 Å². The van der Waals surface area contributed by atoms with Crippen molar-refractivity contribution in [3.05, 3.63) is 36.5 Å². The molecule has 1 N–H and O–H groups in total. The van der Waals surface area contributed by atoms with Gasteiger partial charge in [0.05, 0.1) is 33.8 Å². The average molecular weight is 965 g/mol. The summed E-state index contributed by atoms with van der Waals surface area (Å²) in [5.41, 5.74) is 0. The maximum absolute atomic E-state index is 13.4. The number of esters is 1. The number of phosphoric acid groups is 1. The number of amides is 1. The molecule has 1 amide bonds. The number of nitrogens with zero attached hydrogens (tertiary/aromatic N) is 1. The van der Waals surface area contributed by atoms with Crippen LogP contribution in [0.2, 0.25) is 0 Å². The Morgan fingerprint density at radius 3 is 1.37 bits per heavy atom. The molecule has 0 saturated carbocycles. The van der Waals surface area contributed by atoms with Crippen molar-refractivity contribution in [3.63, 3.8) is 0 Å². The molecule has 0 aromatic heterocycles. The van der Waals surface area contributed by atoms with Crippen LogP contribution < -0.4 is 10.2 Å². The number of hydrogen-bond donors (Lipinski definition) is 1. The molecule has 0 aliphatic rings. The van der Waals surface area contributed by atoms with E-state index in [1.165, 1.54) is 173 Å². The Bertz CT molecular complexity index is 1250. The lowest BCUT2D eigenvalue weighted by molar-refractivity contribution is -0.870. The summed E-state index contributed by atoms with van der Waals surface area (Å²) in [6.45, 7) is 6.80. The normalized spacial score (nSPS) is 14.1. The van der Waals surface area contributed by atoms with E-state index < -0.39 is 26.6 Å². The van der Waals surface area contributed by atoms with Gasteiger partial charge in [-0.1, -0.05) is 237 Å². The predicted octanol–water partition coefficient (Wildman–Crippen LogP) is 16.1. The van der Waals surface area contributed by atoms with Gasteiger partial charge in [0.25, 0.3) is 7.82 Å². The monoisotopic (exact) mass is 965 g/mol. The molecule has 0 saturated heterocycles. The number of nitrogens with one attached hydrogen (secondary N) is 1. The van der Waals surface area contributed by atoms with Crippen LogP contribution >= 0.6 is 7.82 Å².